The maximum atomic E-state index is 12.9. The van der Waals surface area contributed by atoms with Crippen LogP contribution in [-0.4, -0.2) is 48.6 Å². The van der Waals surface area contributed by atoms with Crippen molar-refractivity contribution >= 4 is 29.8 Å². The highest BCUT2D eigenvalue weighted by atomic mass is 16.5. The fourth-order valence-electron chi connectivity index (χ4n) is 3.73. The molecule has 194 valence electrons. The Morgan fingerprint density at radius 1 is 0.622 bits per heavy atom. The summed E-state index contributed by atoms with van der Waals surface area (Å²) in [6.07, 6.45) is 6.84. The SMILES string of the molecule is COc1ccccc1/C=C/C(=O)Nc1c(C=Cc2cc(OC)c(OC)c(OC)c2)ccc(OC)c1OC. The maximum Gasteiger partial charge on any atom is 0.248 e. The monoisotopic (exact) mass is 505 g/mol. The van der Waals surface area contributed by atoms with Crippen molar-refractivity contribution in [3.63, 3.8) is 0 Å². The van der Waals surface area contributed by atoms with E-state index < -0.39 is 0 Å². The smallest absolute Gasteiger partial charge is 0.248 e. The third kappa shape index (κ3) is 6.35. The van der Waals surface area contributed by atoms with Gasteiger partial charge in [0.05, 0.1) is 48.3 Å². The minimum atomic E-state index is -0.347. The largest absolute Gasteiger partial charge is 0.496 e. The van der Waals surface area contributed by atoms with Gasteiger partial charge in [-0.3, -0.25) is 4.79 Å². The summed E-state index contributed by atoms with van der Waals surface area (Å²) in [6.45, 7) is 0. The van der Waals surface area contributed by atoms with E-state index in [2.05, 4.69) is 5.32 Å². The van der Waals surface area contributed by atoms with Crippen LogP contribution in [0.3, 0.4) is 0 Å². The van der Waals surface area contributed by atoms with E-state index in [1.165, 1.54) is 20.3 Å². The number of carbonyl (C=O) groups is 1. The van der Waals surface area contributed by atoms with Gasteiger partial charge in [-0.1, -0.05) is 30.4 Å². The summed E-state index contributed by atoms with van der Waals surface area (Å²) in [6, 6.07) is 14.7. The number of ether oxygens (including phenoxy) is 6. The van der Waals surface area contributed by atoms with Crippen LogP contribution in [-0.2, 0) is 4.79 Å². The first-order valence-electron chi connectivity index (χ1n) is 11.3. The summed E-state index contributed by atoms with van der Waals surface area (Å²) < 4.78 is 32.7. The lowest BCUT2D eigenvalue weighted by molar-refractivity contribution is -0.111. The zero-order chi connectivity index (χ0) is 26.8. The first kappa shape index (κ1) is 27.0. The van der Waals surface area contributed by atoms with Gasteiger partial charge in [-0.2, -0.15) is 0 Å². The first-order valence-corrected chi connectivity index (χ1v) is 11.3. The molecule has 0 unspecified atom stereocenters. The standard InChI is InChI=1S/C29H31NO7/c1-32-22-10-8-7-9-20(22)14-16-26(31)30-27-21(13-15-23(33-2)29(27)37-6)12-11-19-17-24(34-3)28(36-5)25(18-19)35-4/h7-18H,1-6H3,(H,30,31)/b12-11?,16-14+. The fraction of sp³-hybridized carbons (Fsp3) is 0.207. The molecule has 0 bridgehead atoms. The summed E-state index contributed by atoms with van der Waals surface area (Å²) in [4.78, 5) is 12.9. The van der Waals surface area contributed by atoms with Crippen molar-refractivity contribution in [2.24, 2.45) is 0 Å². The molecule has 37 heavy (non-hydrogen) atoms. The number of para-hydroxylation sites is 1. The molecule has 0 aliphatic carbocycles. The predicted octanol–water partition coefficient (Wildman–Crippen LogP) is 5.56. The number of rotatable bonds is 11. The van der Waals surface area contributed by atoms with E-state index in [1.54, 1.807) is 40.6 Å². The molecule has 0 heterocycles. The van der Waals surface area contributed by atoms with Gasteiger partial charge in [-0.05, 0) is 42.0 Å². The van der Waals surface area contributed by atoms with Crippen molar-refractivity contribution < 1.29 is 33.2 Å². The summed E-state index contributed by atoms with van der Waals surface area (Å²) in [5.74, 6) is 2.76. The second-order valence-corrected chi connectivity index (χ2v) is 7.62. The lowest BCUT2D eigenvalue weighted by atomic mass is 10.1. The van der Waals surface area contributed by atoms with Gasteiger partial charge in [0.1, 0.15) is 5.75 Å². The van der Waals surface area contributed by atoms with Crippen LogP contribution in [0.5, 0.6) is 34.5 Å². The summed E-state index contributed by atoms with van der Waals surface area (Å²) >= 11 is 0. The van der Waals surface area contributed by atoms with E-state index in [1.807, 2.05) is 54.6 Å². The fourth-order valence-corrected chi connectivity index (χ4v) is 3.73. The lowest BCUT2D eigenvalue weighted by Crippen LogP contribution is -2.11. The van der Waals surface area contributed by atoms with Crippen molar-refractivity contribution in [3.8, 4) is 34.5 Å². The molecular weight excluding hydrogens is 474 g/mol. The average Bonchev–Trinajstić information content (AvgIpc) is 2.94. The minimum Gasteiger partial charge on any atom is -0.496 e. The van der Waals surface area contributed by atoms with Crippen molar-refractivity contribution in [2.75, 3.05) is 48.0 Å². The van der Waals surface area contributed by atoms with Gasteiger partial charge in [0.15, 0.2) is 23.0 Å². The van der Waals surface area contributed by atoms with Crippen LogP contribution in [0, 0.1) is 0 Å². The Morgan fingerprint density at radius 2 is 1.24 bits per heavy atom. The van der Waals surface area contributed by atoms with Gasteiger partial charge in [0.2, 0.25) is 11.7 Å². The normalized spacial score (nSPS) is 10.9. The Labute approximate surface area is 217 Å². The Kier molecular flexibility index (Phi) is 9.43. The second-order valence-electron chi connectivity index (χ2n) is 7.62. The highest BCUT2D eigenvalue weighted by Crippen LogP contribution is 2.41. The Hall–Kier alpha value is -4.59. The van der Waals surface area contributed by atoms with Crippen LogP contribution in [0.4, 0.5) is 5.69 Å². The molecule has 0 aliphatic rings. The molecule has 8 heteroatoms. The maximum absolute atomic E-state index is 12.9. The topological polar surface area (TPSA) is 84.5 Å². The molecule has 0 saturated carbocycles. The number of amides is 1. The van der Waals surface area contributed by atoms with E-state index in [0.29, 0.717) is 45.7 Å². The molecule has 1 N–H and O–H groups in total. The van der Waals surface area contributed by atoms with Crippen LogP contribution in [0.1, 0.15) is 16.7 Å². The zero-order valence-corrected chi connectivity index (χ0v) is 21.8. The van der Waals surface area contributed by atoms with E-state index >= 15 is 0 Å². The number of benzene rings is 3. The van der Waals surface area contributed by atoms with Gasteiger partial charge in [-0.25, -0.2) is 0 Å². The molecule has 0 aliphatic heterocycles. The van der Waals surface area contributed by atoms with Crippen LogP contribution < -0.4 is 33.7 Å². The number of carbonyl (C=O) groups excluding carboxylic acids is 1. The quantitative estimate of drug-likeness (QED) is 0.270. The number of methoxy groups -OCH3 is 6. The number of anilines is 1. The summed E-state index contributed by atoms with van der Waals surface area (Å²) in [5.41, 5.74) is 2.74. The Balaban J connectivity index is 1.98. The lowest BCUT2D eigenvalue weighted by Gasteiger charge is -2.16. The van der Waals surface area contributed by atoms with Crippen LogP contribution >= 0.6 is 0 Å². The zero-order valence-electron chi connectivity index (χ0n) is 21.8. The molecule has 0 atom stereocenters. The van der Waals surface area contributed by atoms with Crippen molar-refractivity contribution in [1.82, 2.24) is 0 Å². The third-order valence-corrected chi connectivity index (χ3v) is 5.52. The van der Waals surface area contributed by atoms with Crippen molar-refractivity contribution in [2.45, 2.75) is 0 Å². The van der Waals surface area contributed by atoms with Crippen molar-refractivity contribution in [3.05, 3.63) is 71.3 Å². The van der Waals surface area contributed by atoms with Gasteiger partial charge in [0, 0.05) is 17.2 Å². The minimum absolute atomic E-state index is 0.347. The van der Waals surface area contributed by atoms with Crippen LogP contribution in [0.2, 0.25) is 0 Å². The predicted molar refractivity (Wildman–Crippen MR) is 145 cm³/mol. The van der Waals surface area contributed by atoms with Gasteiger partial charge in [0.25, 0.3) is 0 Å². The molecule has 3 rings (SSSR count). The van der Waals surface area contributed by atoms with Crippen molar-refractivity contribution in [1.29, 1.82) is 0 Å². The average molecular weight is 506 g/mol. The number of nitrogens with one attached hydrogen (secondary N) is 1. The molecule has 8 nitrogen and oxygen atoms in total. The van der Waals surface area contributed by atoms with Crippen LogP contribution in [0.25, 0.3) is 18.2 Å². The van der Waals surface area contributed by atoms with Crippen LogP contribution in [0.15, 0.2) is 54.6 Å². The second kappa shape index (κ2) is 12.9. The van der Waals surface area contributed by atoms with E-state index in [-0.39, 0.29) is 5.91 Å². The van der Waals surface area contributed by atoms with Gasteiger partial charge >= 0.3 is 0 Å². The van der Waals surface area contributed by atoms with E-state index in [9.17, 15) is 4.79 Å². The Morgan fingerprint density at radius 3 is 1.84 bits per heavy atom. The molecule has 0 radical (unpaired) electrons. The van der Waals surface area contributed by atoms with E-state index in [4.69, 9.17) is 28.4 Å². The molecule has 0 spiro atoms. The first-order chi connectivity index (χ1) is 18.0. The van der Waals surface area contributed by atoms with E-state index in [0.717, 1.165) is 11.1 Å². The molecule has 3 aromatic carbocycles. The highest BCUT2D eigenvalue weighted by molar-refractivity contribution is 6.05. The third-order valence-electron chi connectivity index (χ3n) is 5.52. The molecular formula is C29H31NO7. The molecule has 1 amide bonds. The molecule has 0 fully saturated rings. The molecule has 0 saturated heterocycles. The van der Waals surface area contributed by atoms with Gasteiger partial charge < -0.3 is 33.7 Å². The Bertz CT molecular complexity index is 1270. The number of hydrogen-bond acceptors (Lipinski definition) is 7. The summed E-state index contributed by atoms with van der Waals surface area (Å²) in [7, 11) is 9.31. The number of hydrogen-bond donors (Lipinski definition) is 1. The summed E-state index contributed by atoms with van der Waals surface area (Å²) in [5, 5.41) is 2.92. The molecule has 0 aromatic heterocycles. The van der Waals surface area contributed by atoms with Gasteiger partial charge in [-0.15, -0.1) is 0 Å². The highest BCUT2D eigenvalue weighted by Gasteiger charge is 2.16. The molecule has 3 aromatic rings.